The van der Waals surface area contributed by atoms with Crippen LogP contribution >= 0.6 is 11.3 Å². The SMILES string of the molecule is CCCC1NC(c2ccsc2)N(C2CCCC(C)C2)C1=O. The Labute approximate surface area is 131 Å². The first-order valence-corrected chi connectivity index (χ1v) is 9.25. The average Bonchev–Trinajstić information content (AvgIpc) is 3.08. The smallest absolute Gasteiger partial charge is 0.241 e. The molecule has 1 aromatic rings. The zero-order valence-electron chi connectivity index (χ0n) is 13.0. The van der Waals surface area contributed by atoms with E-state index in [1.54, 1.807) is 11.3 Å². The van der Waals surface area contributed by atoms with E-state index in [0.717, 1.165) is 31.6 Å². The predicted octanol–water partition coefficient (Wildman–Crippen LogP) is 3.93. The number of rotatable bonds is 4. The minimum Gasteiger partial charge on any atom is -0.319 e. The summed E-state index contributed by atoms with van der Waals surface area (Å²) in [5.41, 5.74) is 1.25. The standard InChI is InChI=1S/C17H26N2OS/c1-3-5-15-17(20)19(14-7-4-6-12(2)10-14)16(18-15)13-8-9-21-11-13/h8-9,11-12,14-16,18H,3-7,10H2,1-2H3. The van der Waals surface area contributed by atoms with Gasteiger partial charge in [-0.15, -0.1) is 0 Å². The summed E-state index contributed by atoms with van der Waals surface area (Å²) in [5.74, 6) is 1.07. The molecule has 4 heteroatoms. The molecule has 0 aromatic carbocycles. The Hall–Kier alpha value is -0.870. The van der Waals surface area contributed by atoms with Crippen molar-refractivity contribution in [2.75, 3.05) is 0 Å². The van der Waals surface area contributed by atoms with Crippen LogP contribution in [0.4, 0.5) is 0 Å². The van der Waals surface area contributed by atoms with Gasteiger partial charge in [-0.1, -0.05) is 33.1 Å². The Balaban J connectivity index is 1.84. The van der Waals surface area contributed by atoms with Gasteiger partial charge in [0.25, 0.3) is 0 Å². The molecule has 4 atom stereocenters. The van der Waals surface area contributed by atoms with Gasteiger partial charge in [-0.3, -0.25) is 10.1 Å². The lowest BCUT2D eigenvalue weighted by atomic mass is 9.86. The molecular formula is C17H26N2OS. The third-order valence-electron chi connectivity index (χ3n) is 4.93. The van der Waals surface area contributed by atoms with Crippen LogP contribution in [-0.4, -0.2) is 22.9 Å². The Kier molecular flexibility index (Phi) is 4.65. The van der Waals surface area contributed by atoms with Crippen molar-refractivity contribution in [3.05, 3.63) is 22.4 Å². The summed E-state index contributed by atoms with van der Waals surface area (Å²) in [7, 11) is 0. The maximum atomic E-state index is 12.9. The van der Waals surface area contributed by atoms with Crippen molar-refractivity contribution in [2.24, 2.45) is 5.92 Å². The van der Waals surface area contributed by atoms with E-state index in [1.165, 1.54) is 18.4 Å². The minimum atomic E-state index is 0.0112. The molecule has 2 fully saturated rings. The summed E-state index contributed by atoms with van der Waals surface area (Å²) >= 11 is 1.71. The van der Waals surface area contributed by atoms with Gasteiger partial charge >= 0.3 is 0 Å². The molecule has 116 valence electrons. The summed E-state index contributed by atoms with van der Waals surface area (Å²) in [6, 6.07) is 2.58. The van der Waals surface area contributed by atoms with Crippen LogP contribution in [0.25, 0.3) is 0 Å². The second kappa shape index (κ2) is 6.49. The number of hydrogen-bond acceptors (Lipinski definition) is 3. The van der Waals surface area contributed by atoms with Gasteiger partial charge in [0.2, 0.25) is 5.91 Å². The molecule has 3 nitrogen and oxygen atoms in total. The van der Waals surface area contributed by atoms with Gasteiger partial charge in [-0.05, 0) is 47.6 Å². The molecule has 2 aliphatic rings. The number of amides is 1. The van der Waals surface area contributed by atoms with Crippen LogP contribution in [0.2, 0.25) is 0 Å². The molecule has 1 saturated carbocycles. The maximum Gasteiger partial charge on any atom is 0.241 e. The molecule has 0 spiro atoms. The molecule has 0 bridgehead atoms. The van der Waals surface area contributed by atoms with E-state index in [-0.39, 0.29) is 12.2 Å². The van der Waals surface area contributed by atoms with Gasteiger partial charge in [-0.2, -0.15) is 11.3 Å². The molecule has 0 radical (unpaired) electrons. The topological polar surface area (TPSA) is 32.3 Å². The largest absolute Gasteiger partial charge is 0.319 e. The average molecular weight is 306 g/mol. The van der Waals surface area contributed by atoms with Gasteiger partial charge in [-0.25, -0.2) is 0 Å². The molecule has 3 rings (SSSR count). The van der Waals surface area contributed by atoms with Crippen molar-refractivity contribution in [1.29, 1.82) is 0 Å². The summed E-state index contributed by atoms with van der Waals surface area (Å²) in [6.07, 6.45) is 6.98. The number of hydrogen-bond donors (Lipinski definition) is 1. The predicted molar refractivity (Wildman–Crippen MR) is 87.2 cm³/mol. The third kappa shape index (κ3) is 3.02. The highest BCUT2D eigenvalue weighted by atomic mass is 32.1. The van der Waals surface area contributed by atoms with Crippen molar-refractivity contribution in [2.45, 2.75) is 70.6 Å². The van der Waals surface area contributed by atoms with Gasteiger partial charge in [0.15, 0.2) is 0 Å². The van der Waals surface area contributed by atoms with Gasteiger partial charge in [0.1, 0.15) is 6.17 Å². The summed E-state index contributed by atoms with van der Waals surface area (Å²) in [4.78, 5) is 15.1. The maximum absolute atomic E-state index is 12.9. The molecule has 1 amide bonds. The monoisotopic (exact) mass is 306 g/mol. The summed E-state index contributed by atoms with van der Waals surface area (Å²) < 4.78 is 0. The first-order chi connectivity index (χ1) is 10.2. The lowest BCUT2D eigenvalue weighted by Gasteiger charge is -2.37. The fraction of sp³-hybridized carbons (Fsp3) is 0.706. The molecule has 1 N–H and O–H groups in total. The van der Waals surface area contributed by atoms with Gasteiger partial charge in [0.05, 0.1) is 6.04 Å². The number of nitrogens with zero attached hydrogens (tertiary/aromatic N) is 1. The third-order valence-corrected chi connectivity index (χ3v) is 5.63. The van der Waals surface area contributed by atoms with Gasteiger partial charge in [0, 0.05) is 6.04 Å². The molecule has 1 aliphatic heterocycles. The lowest BCUT2D eigenvalue weighted by Crippen LogP contribution is -2.42. The van der Waals surface area contributed by atoms with Crippen LogP contribution in [-0.2, 0) is 4.79 Å². The Bertz CT molecular complexity index is 473. The van der Waals surface area contributed by atoms with E-state index >= 15 is 0 Å². The van der Waals surface area contributed by atoms with Crippen LogP contribution in [0.5, 0.6) is 0 Å². The number of nitrogens with one attached hydrogen (secondary N) is 1. The quantitative estimate of drug-likeness (QED) is 0.914. The van der Waals surface area contributed by atoms with Crippen molar-refractivity contribution in [1.82, 2.24) is 10.2 Å². The van der Waals surface area contributed by atoms with E-state index in [4.69, 9.17) is 0 Å². The first kappa shape index (κ1) is 15.0. The molecular weight excluding hydrogens is 280 g/mol. The van der Waals surface area contributed by atoms with Crippen molar-refractivity contribution < 1.29 is 4.79 Å². The van der Waals surface area contributed by atoms with E-state index in [2.05, 4.69) is 40.9 Å². The highest BCUT2D eigenvalue weighted by molar-refractivity contribution is 7.07. The zero-order valence-corrected chi connectivity index (χ0v) is 13.9. The fourth-order valence-corrected chi connectivity index (χ4v) is 4.56. The Morgan fingerprint density at radius 3 is 2.95 bits per heavy atom. The van der Waals surface area contributed by atoms with Crippen LogP contribution in [0, 0.1) is 5.92 Å². The van der Waals surface area contributed by atoms with Crippen LogP contribution < -0.4 is 5.32 Å². The highest BCUT2D eigenvalue weighted by Crippen LogP contribution is 2.36. The molecule has 1 aliphatic carbocycles. The first-order valence-electron chi connectivity index (χ1n) is 8.31. The van der Waals surface area contributed by atoms with E-state index in [0.29, 0.717) is 11.9 Å². The van der Waals surface area contributed by atoms with Crippen molar-refractivity contribution >= 4 is 17.2 Å². The Morgan fingerprint density at radius 2 is 2.29 bits per heavy atom. The normalized spacial score (nSPS) is 33.6. The van der Waals surface area contributed by atoms with E-state index in [9.17, 15) is 4.79 Å². The lowest BCUT2D eigenvalue weighted by molar-refractivity contribution is -0.133. The van der Waals surface area contributed by atoms with Gasteiger partial charge < -0.3 is 4.90 Å². The zero-order chi connectivity index (χ0) is 14.8. The van der Waals surface area contributed by atoms with Crippen molar-refractivity contribution in [3.63, 3.8) is 0 Å². The van der Waals surface area contributed by atoms with Crippen LogP contribution in [0.3, 0.4) is 0 Å². The second-order valence-electron chi connectivity index (χ2n) is 6.64. The summed E-state index contributed by atoms with van der Waals surface area (Å²) in [5, 5.41) is 7.88. The molecule has 1 saturated heterocycles. The van der Waals surface area contributed by atoms with E-state index < -0.39 is 0 Å². The Morgan fingerprint density at radius 1 is 1.43 bits per heavy atom. The molecule has 21 heavy (non-hydrogen) atoms. The number of thiophene rings is 1. The van der Waals surface area contributed by atoms with Crippen molar-refractivity contribution in [3.8, 4) is 0 Å². The van der Waals surface area contributed by atoms with Crippen LogP contribution in [0.1, 0.15) is 64.1 Å². The minimum absolute atomic E-state index is 0.0112. The molecule has 4 unspecified atom stereocenters. The highest BCUT2D eigenvalue weighted by Gasteiger charge is 2.43. The second-order valence-corrected chi connectivity index (χ2v) is 7.42. The molecule has 2 heterocycles. The van der Waals surface area contributed by atoms with E-state index in [1.807, 2.05) is 0 Å². The number of carbonyl (C=O) groups excluding carboxylic acids is 1. The number of carbonyl (C=O) groups is 1. The van der Waals surface area contributed by atoms with Crippen LogP contribution in [0.15, 0.2) is 16.8 Å². The fourth-order valence-electron chi connectivity index (χ4n) is 3.88. The molecule has 1 aromatic heterocycles. The summed E-state index contributed by atoms with van der Waals surface area (Å²) in [6.45, 7) is 4.48.